The minimum atomic E-state index is -0.978. The second-order valence-electron chi connectivity index (χ2n) is 7.28. The molecule has 142 valence electrons. The highest BCUT2D eigenvalue weighted by atomic mass is 19.1. The lowest BCUT2D eigenvalue weighted by Crippen LogP contribution is -2.44. The predicted octanol–water partition coefficient (Wildman–Crippen LogP) is 3.54. The minimum Gasteiger partial charge on any atom is -0.338 e. The molecule has 4 rings (SSSR count). The summed E-state index contributed by atoms with van der Waals surface area (Å²) in [5, 5.41) is 12.5. The van der Waals surface area contributed by atoms with Crippen molar-refractivity contribution in [2.45, 2.75) is 12.8 Å². The number of imidazole rings is 1. The first-order valence-electron chi connectivity index (χ1n) is 9.16. The summed E-state index contributed by atoms with van der Waals surface area (Å²) in [4.78, 5) is 22.4. The van der Waals surface area contributed by atoms with Gasteiger partial charge in [-0.3, -0.25) is 4.79 Å². The Bertz CT molecular complexity index is 1060. The zero-order valence-corrected chi connectivity index (χ0v) is 15.5. The first-order valence-corrected chi connectivity index (χ1v) is 9.16. The first kappa shape index (κ1) is 18.1. The molecule has 28 heavy (non-hydrogen) atoms. The number of carbonyl (C=O) groups is 1. The molecular weight excluding hydrogens is 357 g/mol. The summed E-state index contributed by atoms with van der Waals surface area (Å²) in [5.74, 6) is 0.0541. The molecule has 1 fully saturated rings. The Kier molecular flexibility index (Phi) is 4.57. The lowest BCUT2D eigenvalue weighted by atomic mass is 9.79. The number of aromatic nitrogens is 2. The zero-order chi connectivity index (χ0) is 19.7. The van der Waals surface area contributed by atoms with Crippen LogP contribution in [0.3, 0.4) is 0 Å². The van der Waals surface area contributed by atoms with Crippen LogP contribution >= 0.6 is 0 Å². The van der Waals surface area contributed by atoms with E-state index in [1.54, 1.807) is 18.2 Å². The number of nitrogens with zero attached hydrogens (tertiary/aromatic N) is 3. The molecule has 0 aliphatic carbocycles. The maximum atomic E-state index is 13.3. The number of fused-ring (bicyclic) bond motifs is 1. The number of halogens is 1. The van der Waals surface area contributed by atoms with Gasteiger partial charge in [-0.05, 0) is 75.4 Å². The van der Waals surface area contributed by atoms with E-state index in [0.717, 1.165) is 18.7 Å². The average molecular weight is 377 g/mol. The average Bonchev–Trinajstić information content (AvgIpc) is 3.12. The largest absolute Gasteiger partial charge is 0.338 e. The zero-order valence-electron chi connectivity index (χ0n) is 15.5. The van der Waals surface area contributed by atoms with Crippen LogP contribution in [0.4, 0.5) is 10.1 Å². The summed E-state index contributed by atoms with van der Waals surface area (Å²) in [6, 6.07) is 13.9. The number of benzene rings is 2. The van der Waals surface area contributed by atoms with Crippen molar-refractivity contribution < 1.29 is 9.18 Å². The maximum absolute atomic E-state index is 13.3. The van der Waals surface area contributed by atoms with Crippen LogP contribution in [0.5, 0.6) is 0 Å². The van der Waals surface area contributed by atoms with Crippen LogP contribution in [-0.2, 0) is 4.79 Å². The summed E-state index contributed by atoms with van der Waals surface area (Å²) < 4.78 is 13.3. The summed E-state index contributed by atoms with van der Waals surface area (Å²) in [7, 11) is 1.99. The van der Waals surface area contributed by atoms with E-state index in [-0.39, 0.29) is 11.7 Å². The van der Waals surface area contributed by atoms with Crippen molar-refractivity contribution in [3.05, 3.63) is 48.3 Å². The van der Waals surface area contributed by atoms with E-state index in [1.165, 1.54) is 12.1 Å². The topological polar surface area (TPSA) is 84.8 Å². The lowest BCUT2D eigenvalue weighted by Gasteiger charge is -2.34. The van der Waals surface area contributed by atoms with Gasteiger partial charge in [0.1, 0.15) is 17.1 Å². The smallest absolute Gasteiger partial charge is 0.244 e. The molecule has 0 bridgehead atoms. The molecule has 6 nitrogen and oxygen atoms in total. The Hall–Kier alpha value is -3.24. The van der Waals surface area contributed by atoms with Crippen molar-refractivity contribution in [2.24, 2.45) is 5.41 Å². The third-order valence-corrected chi connectivity index (χ3v) is 5.35. The molecule has 1 saturated heterocycles. The van der Waals surface area contributed by atoms with Gasteiger partial charge in [-0.1, -0.05) is 0 Å². The second-order valence-corrected chi connectivity index (χ2v) is 7.28. The van der Waals surface area contributed by atoms with Crippen LogP contribution in [0.1, 0.15) is 12.8 Å². The van der Waals surface area contributed by atoms with Crippen LogP contribution in [0, 0.1) is 22.6 Å². The summed E-state index contributed by atoms with van der Waals surface area (Å²) >= 11 is 0. The second kappa shape index (κ2) is 7.06. The summed E-state index contributed by atoms with van der Waals surface area (Å²) in [6.07, 6.45) is 1.05. The Morgan fingerprint density at radius 1 is 1.25 bits per heavy atom. The van der Waals surface area contributed by atoms with Gasteiger partial charge >= 0.3 is 0 Å². The van der Waals surface area contributed by atoms with Crippen molar-refractivity contribution in [1.29, 1.82) is 5.26 Å². The quantitative estimate of drug-likeness (QED) is 0.731. The van der Waals surface area contributed by atoms with Crippen molar-refractivity contribution >= 4 is 22.6 Å². The molecule has 1 aromatic heterocycles. The van der Waals surface area contributed by atoms with Crippen molar-refractivity contribution in [2.75, 3.05) is 25.5 Å². The van der Waals surface area contributed by atoms with E-state index in [0.29, 0.717) is 35.4 Å². The van der Waals surface area contributed by atoms with E-state index >= 15 is 0 Å². The number of nitriles is 1. The number of piperidine rings is 1. The molecule has 7 heteroatoms. The number of aromatic amines is 1. The highest BCUT2D eigenvalue weighted by Crippen LogP contribution is 2.32. The van der Waals surface area contributed by atoms with Gasteiger partial charge in [-0.2, -0.15) is 5.26 Å². The van der Waals surface area contributed by atoms with Gasteiger partial charge in [0.05, 0.1) is 17.1 Å². The molecule has 0 unspecified atom stereocenters. The van der Waals surface area contributed by atoms with E-state index in [1.807, 2.05) is 19.2 Å². The molecule has 0 radical (unpaired) electrons. The number of anilines is 1. The van der Waals surface area contributed by atoms with Gasteiger partial charge in [0, 0.05) is 11.3 Å². The highest BCUT2D eigenvalue weighted by Gasteiger charge is 2.41. The number of hydrogen-bond donors (Lipinski definition) is 2. The van der Waals surface area contributed by atoms with Gasteiger partial charge in [-0.25, -0.2) is 9.37 Å². The first-order chi connectivity index (χ1) is 13.5. The van der Waals surface area contributed by atoms with Gasteiger partial charge in [0.25, 0.3) is 0 Å². The predicted molar refractivity (Wildman–Crippen MR) is 105 cm³/mol. The molecule has 2 aromatic carbocycles. The third kappa shape index (κ3) is 3.35. The maximum Gasteiger partial charge on any atom is 0.244 e. The number of rotatable bonds is 3. The summed E-state index contributed by atoms with van der Waals surface area (Å²) in [5.41, 5.74) is 1.79. The van der Waals surface area contributed by atoms with E-state index in [2.05, 4.69) is 26.3 Å². The lowest BCUT2D eigenvalue weighted by molar-refractivity contribution is -0.124. The van der Waals surface area contributed by atoms with Gasteiger partial charge in [0.2, 0.25) is 5.91 Å². The van der Waals surface area contributed by atoms with Gasteiger partial charge in [-0.15, -0.1) is 0 Å². The van der Waals surface area contributed by atoms with Crippen LogP contribution in [0.2, 0.25) is 0 Å². The fourth-order valence-corrected chi connectivity index (χ4v) is 3.47. The van der Waals surface area contributed by atoms with E-state index < -0.39 is 5.41 Å². The molecule has 2 heterocycles. The van der Waals surface area contributed by atoms with Crippen molar-refractivity contribution in [3.8, 4) is 17.5 Å². The molecule has 3 aromatic rings. The molecule has 2 N–H and O–H groups in total. The molecule has 1 aliphatic heterocycles. The monoisotopic (exact) mass is 377 g/mol. The van der Waals surface area contributed by atoms with E-state index in [4.69, 9.17) is 0 Å². The minimum absolute atomic E-state index is 0.255. The Morgan fingerprint density at radius 3 is 2.64 bits per heavy atom. The van der Waals surface area contributed by atoms with Gasteiger partial charge < -0.3 is 15.2 Å². The fourth-order valence-electron chi connectivity index (χ4n) is 3.47. The molecular formula is C21H20FN5O. The van der Waals surface area contributed by atoms with Crippen LogP contribution in [-0.4, -0.2) is 40.9 Å². The standard InChI is InChI=1S/C21H20FN5O/c1-27-10-8-21(13-23,9-11-27)20(28)24-16-5-2-14(3-6-16)19-25-17-7-4-15(22)12-18(17)26-19/h2-7,12H,8-11H2,1H3,(H,24,28)(H,25,26). The molecule has 1 amide bonds. The molecule has 0 spiro atoms. The fraction of sp³-hybridized carbons (Fsp3) is 0.286. The number of amides is 1. The molecule has 0 saturated carbocycles. The molecule has 1 aliphatic rings. The Labute approximate surface area is 162 Å². The third-order valence-electron chi connectivity index (χ3n) is 5.35. The van der Waals surface area contributed by atoms with Gasteiger partial charge in [0.15, 0.2) is 0 Å². The SMILES string of the molecule is CN1CCC(C#N)(C(=O)Nc2ccc(-c3nc4ccc(F)cc4[nH]3)cc2)CC1. The Morgan fingerprint density at radius 2 is 1.96 bits per heavy atom. The number of nitrogens with one attached hydrogen (secondary N) is 2. The Balaban J connectivity index is 1.51. The van der Waals surface area contributed by atoms with Crippen LogP contribution in [0.15, 0.2) is 42.5 Å². The number of hydrogen-bond acceptors (Lipinski definition) is 4. The van der Waals surface area contributed by atoms with Crippen molar-refractivity contribution in [1.82, 2.24) is 14.9 Å². The highest BCUT2D eigenvalue weighted by molar-refractivity contribution is 5.97. The number of carbonyl (C=O) groups excluding carboxylic acids is 1. The normalized spacial score (nSPS) is 16.6. The van der Waals surface area contributed by atoms with Crippen LogP contribution < -0.4 is 5.32 Å². The van der Waals surface area contributed by atoms with E-state index in [9.17, 15) is 14.4 Å². The number of H-pyrrole nitrogens is 1. The molecule has 0 atom stereocenters. The summed E-state index contributed by atoms with van der Waals surface area (Å²) in [6.45, 7) is 1.46. The number of likely N-dealkylation sites (tertiary alicyclic amines) is 1. The van der Waals surface area contributed by atoms with Crippen molar-refractivity contribution in [3.63, 3.8) is 0 Å². The van der Waals surface area contributed by atoms with Crippen LogP contribution in [0.25, 0.3) is 22.4 Å².